The SMILES string of the molecule is Cc1noc(C)c1S(=O)(=O)NCC(=O)Nc1c(C(C)C)cccc1C(C)C. The number of aromatic nitrogens is 1. The van der Waals surface area contributed by atoms with Crippen LogP contribution in [0.3, 0.4) is 0 Å². The van der Waals surface area contributed by atoms with E-state index in [9.17, 15) is 13.2 Å². The fourth-order valence-electron chi connectivity index (χ4n) is 2.97. The smallest absolute Gasteiger partial charge is 0.246 e. The highest BCUT2D eigenvalue weighted by Gasteiger charge is 2.25. The Morgan fingerprint density at radius 3 is 2.11 bits per heavy atom. The summed E-state index contributed by atoms with van der Waals surface area (Å²) in [6, 6.07) is 5.92. The molecule has 1 aromatic carbocycles. The van der Waals surface area contributed by atoms with Crippen LogP contribution in [0, 0.1) is 13.8 Å². The van der Waals surface area contributed by atoms with Crippen LogP contribution in [-0.4, -0.2) is 26.0 Å². The van der Waals surface area contributed by atoms with Gasteiger partial charge in [0, 0.05) is 5.69 Å². The quantitative estimate of drug-likeness (QED) is 0.750. The third-order valence-corrected chi connectivity index (χ3v) is 5.94. The average molecular weight is 394 g/mol. The van der Waals surface area contributed by atoms with Gasteiger partial charge in [-0.05, 0) is 36.8 Å². The molecule has 0 atom stereocenters. The number of carbonyl (C=O) groups excluding carboxylic acids is 1. The number of anilines is 1. The van der Waals surface area contributed by atoms with E-state index in [4.69, 9.17) is 4.52 Å². The maximum Gasteiger partial charge on any atom is 0.246 e. The molecule has 1 heterocycles. The molecule has 2 rings (SSSR count). The summed E-state index contributed by atoms with van der Waals surface area (Å²) >= 11 is 0. The van der Waals surface area contributed by atoms with E-state index in [1.165, 1.54) is 6.92 Å². The minimum Gasteiger partial charge on any atom is -0.360 e. The highest BCUT2D eigenvalue weighted by Crippen LogP contribution is 2.32. The van der Waals surface area contributed by atoms with Gasteiger partial charge < -0.3 is 9.84 Å². The first-order chi connectivity index (χ1) is 12.5. The lowest BCUT2D eigenvalue weighted by Gasteiger charge is -2.20. The Balaban J connectivity index is 2.20. The number of nitrogens with one attached hydrogen (secondary N) is 2. The van der Waals surface area contributed by atoms with Gasteiger partial charge in [-0.25, -0.2) is 13.1 Å². The number of sulfonamides is 1. The predicted octanol–water partition coefficient (Wildman–Crippen LogP) is 3.46. The second-order valence-corrected chi connectivity index (χ2v) is 8.85. The number of hydrogen-bond acceptors (Lipinski definition) is 5. The molecule has 0 aliphatic heterocycles. The van der Waals surface area contributed by atoms with Crippen LogP contribution in [0.25, 0.3) is 0 Å². The summed E-state index contributed by atoms with van der Waals surface area (Å²) in [6.45, 7) is 10.9. The van der Waals surface area contributed by atoms with Gasteiger partial charge in [0.25, 0.3) is 0 Å². The van der Waals surface area contributed by atoms with Crippen LogP contribution in [0.4, 0.5) is 5.69 Å². The van der Waals surface area contributed by atoms with E-state index in [2.05, 4.69) is 42.9 Å². The van der Waals surface area contributed by atoms with Gasteiger partial charge in [0.1, 0.15) is 10.6 Å². The summed E-state index contributed by atoms with van der Waals surface area (Å²) in [7, 11) is -3.89. The lowest BCUT2D eigenvalue weighted by atomic mass is 9.92. The topological polar surface area (TPSA) is 101 Å². The third kappa shape index (κ3) is 4.75. The second kappa shape index (κ2) is 8.22. The van der Waals surface area contributed by atoms with Crippen molar-refractivity contribution in [2.45, 2.75) is 58.3 Å². The largest absolute Gasteiger partial charge is 0.360 e. The van der Waals surface area contributed by atoms with Crippen molar-refractivity contribution in [3.05, 3.63) is 40.8 Å². The van der Waals surface area contributed by atoms with Crippen molar-refractivity contribution >= 4 is 21.6 Å². The number of rotatable bonds is 7. The Morgan fingerprint density at radius 1 is 1.11 bits per heavy atom. The fourth-order valence-corrected chi connectivity index (χ4v) is 4.28. The fraction of sp³-hybridized carbons (Fsp3) is 0.474. The molecule has 1 aromatic heterocycles. The number of amides is 1. The summed E-state index contributed by atoms with van der Waals surface area (Å²) in [6.07, 6.45) is 0. The molecule has 0 aliphatic rings. The molecule has 8 heteroatoms. The standard InChI is InChI=1S/C19H27N3O4S/c1-11(2)15-8-7-9-16(12(3)4)18(15)21-17(23)10-20-27(24,25)19-13(5)22-26-14(19)6/h7-9,11-12,20H,10H2,1-6H3,(H,21,23). The minimum absolute atomic E-state index is 0.0271. The molecule has 7 nitrogen and oxygen atoms in total. The van der Waals surface area contributed by atoms with Gasteiger partial charge in [0.05, 0.1) is 6.54 Å². The van der Waals surface area contributed by atoms with Crippen molar-refractivity contribution in [2.75, 3.05) is 11.9 Å². The van der Waals surface area contributed by atoms with Crippen LogP contribution in [-0.2, 0) is 14.8 Å². The minimum atomic E-state index is -3.89. The molecule has 2 aromatic rings. The van der Waals surface area contributed by atoms with E-state index in [0.29, 0.717) is 0 Å². The van der Waals surface area contributed by atoms with Crippen LogP contribution < -0.4 is 10.0 Å². The summed E-state index contributed by atoms with van der Waals surface area (Å²) < 4.78 is 32.1. The number of nitrogens with zero attached hydrogens (tertiary/aromatic N) is 1. The Morgan fingerprint density at radius 2 is 1.67 bits per heavy atom. The second-order valence-electron chi connectivity index (χ2n) is 7.15. The number of carbonyl (C=O) groups is 1. The van der Waals surface area contributed by atoms with Gasteiger partial charge in [-0.15, -0.1) is 0 Å². The summed E-state index contributed by atoms with van der Waals surface area (Å²) in [5, 5.41) is 6.53. The molecule has 148 valence electrons. The molecule has 1 amide bonds. The first kappa shape index (κ1) is 21.1. The van der Waals surface area contributed by atoms with Gasteiger partial charge >= 0.3 is 0 Å². The maximum atomic E-state index is 12.5. The predicted molar refractivity (Wildman–Crippen MR) is 104 cm³/mol. The molecule has 27 heavy (non-hydrogen) atoms. The molecule has 0 radical (unpaired) electrons. The van der Waals surface area contributed by atoms with E-state index in [1.807, 2.05) is 18.2 Å². The highest BCUT2D eigenvalue weighted by atomic mass is 32.2. The van der Waals surface area contributed by atoms with E-state index in [1.54, 1.807) is 6.92 Å². The third-order valence-electron chi connectivity index (χ3n) is 4.30. The van der Waals surface area contributed by atoms with Crippen molar-refractivity contribution in [1.29, 1.82) is 0 Å². The van der Waals surface area contributed by atoms with Crippen LogP contribution in [0.2, 0.25) is 0 Å². The van der Waals surface area contributed by atoms with Gasteiger partial charge in [-0.1, -0.05) is 51.1 Å². The van der Waals surface area contributed by atoms with Crippen LogP contribution in [0.5, 0.6) is 0 Å². The zero-order valence-corrected chi connectivity index (χ0v) is 17.4. The molecule has 0 saturated heterocycles. The molecular weight excluding hydrogens is 366 g/mol. The average Bonchev–Trinajstić information content (AvgIpc) is 2.92. The molecule has 0 spiro atoms. The molecule has 2 N–H and O–H groups in total. The van der Waals surface area contributed by atoms with Crippen LogP contribution >= 0.6 is 0 Å². The van der Waals surface area contributed by atoms with Crippen molar-refractivity contribution in [2.24, 2.45) is 0 Å². The maximum absolute atomic E-state index is 12.5. The Kier molecular flexibility index (Phi) is 6.43. The van der Waals surface area contributed by atoms with E-state index < -0.39 is 15.9 Å². The summed E-state index contributed by atoms with van der Waals surface area (Å²) in [5.74, 6) is 0.198. The van der Waals surface area contributed by atoms with Gasteiger partial charge in [0.15, 0.2) is 5.76 Å². The molecule has 0 bridgehead atoms. The monoisotopic (exact) mass is 393 g/mol. The van der Waals surface area contributed by atoms with Gasteiger partial charge in [-0.3, -0.25) is 4.79 Å². The first-order valence-electron chi connectivity index (χ1n) is 8.89. The van der Waals surface area contributed by atoms with Crippen LogP contribution in [0.1, 0.15) is 62.1 Å². The van der Waals surface area contributed by atoms with E-state index >= 15 is 0 Å². The molecule has 0 aliphatic carbocycles. The molecule has 0 fully saturated rings. The zero-order valence-electron chi connectivity index (χ0n) is 16.6. The molecular formula is C19H27N3O4S. The highest BCUT2D eigenvalue weighted by molar-refractivity contribution is 7.89. The van der Waals surface area contributed by atoms with E-state index in [-0.39, 0.29) is 34.7 Å². The lowest BCUT2D eigenvalue weighted by molar-refractivity contribution is -0.115. The number of para-hydroxylation sites is 1. The summed E-state index contributed by atoms with van der Waals surface area (Å²) in [4.78, 5) is 12.4. The van der Waals surface area contributed by atoms with Crippen molar-refractivity contribution < 1.29 is 17.7 Å². The van der Waals surface area contributed by atoms with E-state index in [0.717, 1.165) is 16.8 Å². The summed E-state index contributed by atoms with van der Waals surface area (Å²) in [5.41, 5.74) is 3.04. The van der Waals surface area contributed by atoms with Crippen molar-refractivity contribution in [3.8, 4) is 0 Å². The van der Waals surface area contributed by atoms with Crippen molar-refractivity contribution in [1.82, 2.24) is 9.88 Å². The van der Waals surface area contributed by atoms with Gasteiger partial charge in [-0.2, -0.15) is 0 Å². The number of aryl methyl sites for hydroxylation is 2. The zero-order chi connectivity index (χ0) is 20.4. The Labute approximate surface area is 160 Å². The number of hydrogen-bond donors (Lipinski definition) is 2. The first-order valence-corrected chi connectivity index (χ1v) is 10.4. The lowest BCUT2D eigenvalue weighted by Crippen LogP contribution is -2.33. The Hall–Kier alpha value is -2.19. The normalized spacial score (nSPS) is 12.0. The van der Waals surface area contributed by atoms with Crippen molar-refractivity contribution in [3.63, 3.8) is 0 Å². The molecule has 0 saturated carbocycles. The molecule has 0 unspecified atom stereocenters. The Bertz CT molecular complexity index is 885. The number of benzene rings is 1. The van der Waals surface area contributed by atoms with Gasteiger partial charge in [0.2, 0.25) is 15.9 Å². The van der Waals surface area contributed by atoms with Crippen LogP contribution in [0.15, 0.2) is 27.6 Å².